The smallest absolute Gasteiger partial charge is 0.168 e. The van der Waals surface area contributed by atoms with Crippen LogP contribution in [0.15, 0.2) is 41.0 Å². The number of nitrogens with zero attached hydrogens (tertiary/aromatic N) is 3. The summed E-state index contributed by atoms with van der Waals surface area (Å²) in [6.45, 7) is 2.06. The molecule has 0 saturated heterocycles. The fraction of sp³-hybridized carbons (Fsp3) is 0.0769. The predicted octanol–water partition coefficient (Wildman–Crippen LogP) is 4.14. The molecule has 3 rings (SSSR count). The highest BCUT2D eigenvalue weighted by molar-refractivity contribution is 9.10. The highest BCUT2D eigenvalue weighted by Gasteiger charge is 2.10. The minimum Gasteiger partial charge on any atom is -0.299 e. The molecule has 0 amide bonds. The van der Waals surface area contributed by atoms with Gasteiger partial charge < -0.3 is 0 Å². The molecule has 3 nitrogen and oxygen atoms in total. The van der Waals surface area contributed by atoms with Gasteiger partial charge >= 0.3 is 0 Å². The molecule has 0 aliphatic rings. The molecule has 0 atom stereocenters. The van der Waals surface area contributed by atoms with Crippen molar-refractivity contribution in [1.82, 2.24) is 14.8 Å². The fourth-order valence-corrected chi connectivity index (χ4v) is 2.50. The lowest BCUT2D eigenvalue weighted by atomic mass is 10.2. The van der Waals surface area contributed by atoms with Crippen LogP contribution in [0, 0.1) is 6.92 Å². The summed E-state index contributed by atoms with van der Waals surface area (Å²) in [5.74, 6) is 0. The molecule has 0 unspecified atom stereocenters. The van der Waals surface area contributed by atoms with Crippen molar-refractivity contribution in [3.05, 3.63) is 51.7 Å². The van der Waals surface area contributed by atoms with Gasteiger partial charge in [-0.3, -0.25) is 4.57 Å². The summed E-state index contributed by atoms with van der Waals surface area (Å²) >= 11 is 9.38. The van der Waals surface area contributed by atoms with Gasteiger partial charge in [0, 0.05) is 21.7 Å². The lowest BCUT2D eigenvalue weighted by Crippen LogP contribution is -1.95. The largest absolute Gasteiger partial charge is 0.299 e. The van der Waals surface area contributed by atoms with E-state index in [0.29, 0.717) is 5.15 Å². The second kappa shape index (κ2) is 4.37. The fourth-order valence-electron chi connectivity index (χ4n) is 1.86. The van der Waals surface area contributed by atoms with E-state index in [1.165, 1.54) is 5.56 Å². The zero-order chi connectivity index (χ0) is 12.7. The third-order valence-corrected chi connectivity index (χ3v) is 3.60. The van der Waals surface area contributed by atoms with Crippen LogP contribution in [0.25, 0.3) is 16.7 Å². The summed E-state index contributed by atoms with van der Waals surface area (Å²) in [4.78, 5) is 0. The summed E-state index contributed by atoms with van der Waals surface area (Å²) in [7, 11) is 0. The zero-order valence-corrected chi connectivity index (χ0v) is 11.9. The van der Waals surface area contributed by atoms with Crippen molar-refractivity contribution in [2.75, 3.05) is 0 Å². The van der Waals surface area contributed by atoms with E-state index < -0.39 is 0 Å². The van der Waals surface area contributed by atoms with Crippen LogP contribution in [0.1, 0.15) is 5.56 Å². The number of benzene rings is 1. The summed E-state index contributed by atoms with van der Waals surface area (Å²) in [6.07, 6.45) is 1.97. The number of hydrogen-bond donors (Lipinski definition) is 0. The topological polar surface area (TPSA) is 30.7 Å². The Bertz CT molecular complexity index is 719. The maximum absolute atomic E-state index is 5.86. The van der Waals surface area contributed by atoms with Crippen LogP contribution in [0.4, 0.5) is 0 Å². The van der Waals surface area contributed by atoms with E-state index in [-0.39, 0.29) is 0 Å². The third kappa shape index (κ3) is 1.91. The van der Waals surface area contributed by atoms with Crippen molar-refractivity contribution in [2.24, 2.45) is 0 Å². The molecule has 0 fully saturated rings. The van der Waals surface area contributed by atoms with Crippen molar-refractivity contribution in [2.45, 2.75) is 6.92 Å². The Balaban J connectivity index is 2.26. The molecule has 0 aliphatic carbocycles. The number of hydrogen-bond acceptors (Lipinski definition) is 2. The SMILES string of the molecule is Cc1ccc(-n2cc(Br)c3cc(Cl)nnc32)cc1. The minimum atomic E-state index is 0.393. The van der Waals surface area contributed by atoms with Gasteiger partial charge in [-0.2, -0.15) is 0 Å². The van der Waals surface area contributed by atoms with Crippen molar-refractivity contribution < 1.29 is 0 Å². The lowest BCUT2D eigenvalue weighted by Gasteiger charge is -2.04. The standard InChI is InChI=1S/C13H9BrClN3/c1-8-2-4-9(5-3-8)18-7-11(14)10-6-12(15)16-17-13(10)18/h2-7H,1H3. The average Bonchev–Trinajstić information content (AvgIpc) is 2.68. The van der Waals surface area contributed by atoms with E-state index >= 15 is 0 Å². The first-order chi connectivity index (χ1) is 8.65. The Kier molecular flexibility index (Phi) is 2.84. The average molecular weight is 323 g/mol. The summed E-state index contributed by atoms with van der Waals surface area (Å²) < 4.78 is 2.94. The van der Waals surface area contributed by atoms with Gasteiger partial charge in [-0.1, -0.05) is 29.3 Å². The van der Waals surface area contributed by atoms with Crippen LogP contribution in [-0.4, -0.2) is 14.8 Å². The minimum absolute atomic E-state index is 0.393. The zero-order valence-electron chi connectivity index (χ0n) is 9.56. The van der Waals surface area contributed by atoms with Crippen LogP contribution in [0.5, 0.6) is 0 Å². The third-order valence-electron chi connectivity index (χ3n) is 2.78. The van der Waals surface area contributed by atoms with E-state index in [0.717, 1.165) is 21.2 Å². The Morgan fingerprint density at radius 3 is 2.61 bits per heavy atom. The molecule has 0 radical (unpaired) electrons. The Morgan fingerprint density at radius 2 is 1.89 bits per heavy atom. The molecule has 90 valence electrons. The van der Waals surface area contributed by atoms with Crippen LogP contribution in [-0.2, 0) is 0 Å². The molecule has 0 spiro atoms. The maximum Gasteiger partial charge on any atom is 0.168 e. The quantitative estimate of drug-likeness (QED) is 0.674. The number of aromatic nitrogens is 3. The first kappa shape index (κ1) is 11.7. The van der Waals surface area contributed by atoms with Gasteiger partial charge in [0.25, 0.3) is 0 Å². The van der Waals surface area contributed by atoms with Gasteiger partial charge in [0.05, 0.1) is 0 Å². The van der Waals surface area contributed by atoms with Crippen LogP contribution in [0.2, 0.25) is 5.15 Å². The molecule has 5 heteroatoms. The molecule has 0 saturated carbocycles. The summed E-state index contributed by atoms with van der Waals surface area (Å²) in [5, 5.41) is 9.40. The van der Waals surface area contributed by atoms with Crippen molar-refractivity contribution in [1.29, 1.82) is 0 Å². The molecule has 0 aliphatic heterocycles. The van der Waals surface area contributed by atoms with Gasteiger partial charge in [-0.05, 0) is 41.1 Å². The van der Waals surface area contributed by atoms with E-state index in [1.807, 2.05) is 10.8 Å². The molecule has 2 heterocycles. The van der Waals surface area contributed by atoms with Crippen LogP contribution >= 0.6 is 27.5 Å². The molecule has 1 aromatic carbocycles. The molecular weight excluding hydrogens is 314 g/mol. The number of halogens is 2. The first-order valence-corrected chi connectivity index (χ1v) is 6.59. The highest BCUT2D eigenvalue weighted by atomic mass is 79.9. The van der Waals surface area contributed by atoms with Crippen LogP contribution in [0.3, 0.4) is 0 Å². The maximum atomic E-state index is 5.86. The van der Waals surface area contributed by atoms with E-state index in [2.05, 4.69) is 57.3 Å². The first-order valence-electron chi connectivity index (χ1n) is 5.42. The predicted molar refractivity (Wildman–Crippen MR) is 76.3 cm³/mol. The number of fused-ring (bicyclic) bond motifs is 1. The van der Waals surface area contributed by atoms with Gasteiger partial charge in [0.15, 0.2) is 10.8 Å². The molecule has 0 N–H and O–H groups in total. The van der Waals surface area contributed by atoms with Crippen molar-refractivity contribution >= 4 is 38.6 Å². The van der Waals surface area contributed by atoms with E-state index in [4.69, 9.17) is 11.6 Å². The second-order valence-corrected chi connectivity index (χ2v) is 5.33. The number of aryl methyl sites for hydroxylation is 1. The van der Waals surface area contributed by atoms with Gasteiger partial charge in [0.2, 0.25) is 0 Å². The van der Waals surface area contributed by atoms with E-state index in [1.54, 1.807) is 6.07 Å². The Labute approximate surface area is 118 Å². The molecule has 0 bridgehead atoms. The van der Waals surface area contributed by atoms with Gasteiger partial charge in [-0.25, -0.2) is 0 Å². The monoisotopic (exact) mass is 321 g/mol. The Hall–Kier alpha value is -1.39. The normalized spacial score (nSPS) is 11.1. The number of rotatable bonds is 1. The van der Waals surface area contributed by atoms with Crippen molar-refractivity contribution in [3.8, 4) is 5.69 Å². The molecule has 2 aromatic heterocycles. The molecule has 3 aromatic rings. The molecular formula is C13H9BrClN3. The highest BCUT2D eigenvalue weighted by Crippen LogP contribution is 2.28. The lowest BCUT2D eigenvalue weighted by molar-refractivity contribution is 1.00. The van der Waals surface area contributed by atoms with Crippen LogP contribution < -0.4 is 0 Å². The summed E-state index contributed by atoms with van der Waals surface area (Å²) in [6, 6.07) is 10.0. The van der Waals surface area contributed by atoms with Gasteiger partial charge in [-0.15, -0.1) is 10.2 Å². The second-order valence-electron chi connectivity index (χ2n) is 4.09. The van der Waals surface area contributed by atoms with E-state index in [9.17, 15) is 0 Å². The van der Waals surface area contributed by atoms with Crippen molar-refractivity contribution in [3.63, 3.8) is 0 Å². The Morgan fingerprint density at radius 1 is 1.17 bits per heavy atom. The molecule has 18 heavy (non-hydrogen) atoms. The van der Waals surface area contributed by atoms with Gasteiger partial charge in [0.1, 0.15) is 0 Å². The summed E-state index contributed by atoms with van der Waals surface area (Å²) in [5.41, 5.74) is 3.06.